The summed E-state index contributed by atoms with van der Waals surface area (Å²) in [6, 6.07) is 14.7. The molecule has 0 aliphatic heterocycles. The highest BCUT2D eigenvalue weighted by Gasteiger charge is 2.37. The van der Waals surface area contributed by atoms with Crippen LogP contribution < -0.4 is 0 Å². The van der Waals surface area contributed by atoms with E-state index in [4.69, 9.17) is 0 Å². The molecule has 4 aromatic rings. The summed E-state index contributed by atoms with van der Waals surface area (Å²) in [7, 11) is 0. The van der Waals surface area contributed by atoms with Crippen molar-refractivity contribution in [3.8, 4) is 33.6 Å². The van der Waals surface area contributed by atoms with Gasteiger partial charge < -0.3 is 0 Å². The van der Waals surface area contributed by atoms with Gasteiger partial charge in [0.1, 0.15) is 0 Å². The summed E-state index contributed by atoms with van der Waals surface area (Å²) in [6.07, 6.45) is -14.6. The number of pyridine rings is 1. The fourth-order valence-electron chi connectivity index (χ4n) is 3.89. The Labute approximate surface area is 198 Å². The molecule has 0 aliphatic rings. The maximum atomic E-state index is 13.8. The van der Waals surface area contributed by atoms with E-state index in [9.17, 15) is 39.5 Å². The smallest absolute Gasteiger partial charge is 0.247 e. The fraction of sp³-hybridized carbons (Fsp3) is 0.115. The molecule has 3 aromatic carbocycles. The van der Waals surface area contributed by atoms with Crippen LogP contribution in [0.5, 0.6) is 0 Å². The standard InChI is InChI=1S/C26H14F9N/c27-24(28,29)19-10-4-1-7-15(19)16-13-14-22(17-8-2-5-11-20(17)25(30,31)32)36-23(16)18-9-3-6-12-21(18)26(33,34)35/h1-14H. The minimum Gasteiger partial charge on any atom is -0.247 e. The molecular formula is C26H14F9N. The second-order valence-corrected chi connectivity index (χ2v) is 7.72. The summed E-state index contributed by atoms with van der Waals surface area (Å²) in [6.45, 7) is 0. The zero-order valence-corrected chi connectivity index (χ0v) is 17.9. The largest absolute Gasteiger partial charge is 0.417 e. The topological polar surface area (TPSA) is 12.9 Å². The molecule has 0 bridgehead atoms. The molecule has 0 amide bonds. The molecule has 36 heavy (non-hydrogen) atoms. The van der Waals surface area contributed by atoms with Crippen LogP contribution in [0.15, 0.2) is 84.9 Å². The van der Waals surface area contributed by atoms with Gasteiger partial charge in [0.05, 0.1) is 28.1 Å². The van der Waals surface area contributed by atoms with Crippen LogP contribution in [0.4, 0.5) is 39.5 Å². The number of rotatable bonds is 3. The van der Waals surface area contributed by atoms with Crippen LogP contribution in [0.1, 0.15) is 16.7 Å². The Balaban J connectivity index is 2.08. The van der Waals surface area contributed by atoms with E-state index in [1.54, 1.807) is 0 Å². The van der Waals surface area contributed by atoms with E-state index >= 15 is 0 Å². The zero-order chi connectivity index (χ0) is 26.3. The predicted molar refractivity (Wildman–Crippen MR) is 116 cm³/mol. The quantitative estimate of drug-likeness (QED) is 0.250. The van der Waals surface area contributed by atoms with Gasteiger partial charge in [0.2, 0.25) is 0 Å². The van der Waals surface area contributed by atoms with Crippen LogP contribution in [-0.2, 0) is 18.5 Å². The molecule has 0 atom stereocenters. The van der Waals surface area contributed by atoms with Crippen LogP contribution in [0.25, 0.3) is 33.6 Å². The molecule has 1 heterocycles. The third kappa shape index (κ3) is 4.93. The number of halogens is 9. The molecule has 0 radical (unpaired) electrons. The van der Waals surface area contributed by atoms with Crippen LogP contribution in [0.3, 0.4) is 0 Å². The highest BCUT2D eigenvalue weighted by atomic mass is 19.4. The van der Waals surface area contributed by atoms with E-state index in [1.807, 2.05) is 0 Å². The molecule has 0 spiro atoms. The maximum absolute atomic E-state index is 13.8. The van der Waals surface area contributed by atoms with Gasteiger partial charge in [-0.15, -0.1) is 0 Å². The minimum absolute atomic E-state index is 0.312. The molecule has 186 valence electrons. The van der Waals surface area contributed by atoms with Gasteiger partial charge in [-0.1, -0.05) is 60.7 Å². The molecule has 4 rings (SSSR count). The van der Waals surface area contributed by atoms with Crippen molar-refractivity contribution in [2.24, 2.45) is 0 Å². The molecule has 0 N–H and O–H groups in total. The fourth-order valence-corrected chi connectivity index (χ4v) is 3.89. The molecule has 10 heteroatoms. The number of hydrogen-bond acceptors (Lipinski definition) is 1. The molecule has 1 aromatic heterocycles. The Bertz CT molecular complexity index is 1400. The molecular weight excluding hydrogens is 497 g/mol. The summed E-state index contributed by atoms with van der Waals surface area (Å²) in [5, 5.41) is 0. The molecule has 1 nitrogen and oxygen atoms in total. The summed E-state index contributed by atoms with van der Waals surface area (Å²) < 4.78 is 124. The second kappa shape index (κ2) is 9.00. The van der Waals surface area contributed by atoms with Gasteiger partial charge in [0, 0.05) is 16.7 Å². The molecule has 0 unspecified atom stereocenters. The van der Waals surface area contributed by atoms with Crippen molar-refractivity contribution >= 4 is 0 Å². The molecule has 0 aliphatic carbocycles. The van der Waals surface area contributed by atoms with Crippen LogP contribution >= 0.6 is 0 Å². The first kappa shape index (κ1) is 25.3. The first-order valence-electron chi connectivity index (χ1n) is 10.3. The Morgan fingerprint density at radius 1 is 0.389 bits per heavy atom. The van der Waals surface area contributed by atoms with E-state index in [0.717, 1.165) is 66.7 Å². The zero-order valence-electron chi connectivity index (χ0n) is 17.9. The third-order valence-electron chi connectivity index (χ3n) is 5.41. The van der Waals surface area contributed by atoms with Crippen LogP contribution in [0, 0.1) is 0 Å². The number of hydrogen-bond donors (Lipinski definition) is 0. The van der Waals surface area contributed by atoms with E-state index in [2.05, 4.69) is 4.98 Å². The SMILES string of the molecule is FC(F)(F)c1ccccc1-c1ccc(-c2ccccc2C(F)(F)F)c(-c2ccccc2C(F)(F)F)n1. The van der Waals surface area contributed by atoms with Gasteiger partial charge >= 0.3 is 18.5 Å². The lowest BCUT2D eigenvalue weighted by molar-refractivity contribution is -0.138. The summed E-state index contributed by atoms with van der Waals surface area (Å²) in [4.78, 5) is 4.09. The summed E-state index contributed by atoms with van der Waals surface area (Å²) >= 11 is 0. The first-order valence-corrected chi connectivity index (χ1v) is 10.3. The Kier molecular flexibility index (Phi) is 6.32. The summed E-state index contributed by atoms with van der Waals surface area (Å²) in [5.74, 6) is 0. The van der Waals surface area contributed by atoms with Crippen LogP contribution in [0.2, 0.25) is 0 Å². The summed E-state index contributed by atoms with van der Waals surface area (Å²) in [5.41, 5.74) is -6.04. The van der Waals surface area contributed by atoms with Gasteiger partial charge in [0.25, 0.3) is 0 Å². The van der Waals surface area contributed by atoms with Gasteiger partial charge in [-0.3, -0.25) is 0 Å². The van der Waals surface area contributed by atoms with Gasteiger partial charge in [-0.05, 0) is 29.8 Å². The van der Waals surface area contributed by atoms with Crippen molar-refractivity contribution in [3.05, 3.63) is 102 Å². The number of nitrogens with zero attached hydrogens (tertiary/aromatic N) is 1. The van der Waals surface area contributed by atoms with E-state index in [-0.39, 0.29) is 11.3 Å². The average molecular weight is 511 g/mol. The monoisotopic (exact) mass is 511 g/mol. The van der Waals surface area contributed by atoms with E-state index in [1.165, 1.54) is 18.2 Å². The highest BCUT2D eigenvalue weighted by molar-refractivity contribution is 5.86. The lowest BCUT2D eigenvalue weighted by Gasteiger charge is -2.20. The Morgan fingerprint density at radius 3 is 1.28 bits per heavy atom. The van der Waals surface area contributed by atoms with Crippen molar-refractivity contribution in [1.29, 1.82) is 0 Å². The van der Waals surface area contributed by atoms with Crippen molar-refractivity contribution in [2.45, 2.75) is 18.5 Å². The Hall–Kier alpha value is -3.82. The Morgan fingerprint density at radius 2 is 0.778 bits per heavy atom. The molecule has 0 saturated heterocycles. The second-order valence-electron chi connectivity index (χ2n) is 7.72. The maximum Gasteiger partial charge on any atom is 0.417 e. The normalized spacial score (nSPS) is 12.6. The van der Waals surface area contributed by atoms with Gasteiger partial charge in [-0.2, -0.15) is 39.5 Å². The number of aromatic nitrogens is 1. The minimum atomic E-state index is -4.90. The highest BCUT2D eigenvalue weighted by Crippen LogP contribution is 2.45. The lowest BCUT2D eigenvalue weighted by atomic mass is 9.92. The van der Waals surface area contributed by atoms with Crippen molar-refractivity contribution in [3.63, 3.8) is 0 Å². The van der Waals surface area contributed by atoms with Gasteiger partial charge in [-0.25, -0.2) is 4.98 Å². The van der Waals surface area contributed by atoms with Crippen molar-refractivity contribution in [1.82, 2.24) is 4.98 Å². The van der Waals surface area contributed by atoms with Crippen LogP contribution in [-0.4, -0.2) is 4.98 Å². The molecule has 0 saturated carbocycles. The van der Waals surface area contributed by atoms with E-state index in [0.29, 0.717) is 0 Å². The molecule has 0 fully saturated rings. The lowest BCUT2D eigenvalue weighted by Crippen LogP contribution is -2.10. The van der Waals surface area contributed by atoms with Crippen molar-refractivity contribution < 1.29 is 39.5 Å². The van der Waals surface area contributed by atoms with Crippen molar-refractivity contribution in [2.75, 3.05) is 0 Å². The first-order chi connectivity index (χ1) is 16.8. The van der Waals surface area contributed by atoms with E-state index < -0.39 is 57.6 Å². The van der Waals surface area contributed by atoms with Gasteiger partial charge in [0.15, 0.2) is 0 Å². The number of benzene rings is 3. The number of alkyl halides is 9. The predicted octanol–water partition coefficient (Wildman–Crippen LogP) is 9.14. The average Bonchev–Trinajstić information content (AvgIpc) is 2.82. The third-order valence-corrected chi connectivity index (χ3v) is 5.41.